The minimum absolute atomic E-state index is 0.635. The lowest BCUT2D eigenvalue weighted by atomic mass is 10.1. The smallest absolute Gasteiger partial charge is 0.164 e. The Bertz CT molecular complexity index is 399. The van der Waals surface area contributed by atoms with Gasteiger partial charge in [0.2, 0.25) is 0 Å². The first kappa shape index (κ1) is 15.6. The fourth-order valence-corrected chi connectivity index (χ4v) is 1.83. The third kappa shape index (κ3) is 4.27. The second kappa shape index (κ2) is 7.83. The maximum atomic E-state index is 5.39. The molecule has 0 fully saturated rings. The first-order valence-corrected chi connectivity index (χ1v) is 6.07. The molecule has 1 aromatic carbocycles. The summed E-state index contributed by atoms with van der Waals surface area (Å²) < 4.78 is 15.9. The van der Waals surface area contributed by atoms with Crippen LogP contribution < -0.4 is 25.5 Å². The predicted octanol–water partition coefficient (Wildman–Crippen LogP) is 0.608. The molecule has 6 heteroatoms. The van der Waals surface area contributed by atoms with Gasteiger partial charge in [0.1, 0.15) is 5.75 Å². The second-order valence-corrected chi connectivity index (χ2v) is 4.21. The van der Waals surface area contributed by atoms with Crippen LogP contribution >= 0.6 is 0 Å². The third-order valence-electron chi connectivity index (χ3n) is 2.91. The van der Waals surface area contributed by atoms with Crippen molar-refractivity contribution >= 4 is 0 Å². The van der Waals surface area contributed by atoms with E-state index in [0.29, 0.717) is 18.2 Å². The first-order valence-electron chi connectivity index (χ1n) is 6.07. The topological polar surface area (TPSA) is 69.0 Å². The van der Waals surface area contributed by atoms with Crippen molar-refractivity contribution in [3.63, 3.8) is 0 Å². The van der Waals surface area contributed by atoms with Gasteiger partial charge in [-0.2, -0.15) is 0 Å². The summed E-state index contributed by atoms with van der Waals surface area (Å²) in [6.45, 7) is 1.49. The molecule has 6 nitrogen and oxygen atoms in total. The van der Waals surface area contributed by atoms with E-state index in [2.05, 4.69) is 10.3 Å². The Morgan fingerprint density at radius 2 is 1.63 bits per heavy atom. The Hall–Kier alpha value is -1.50. The van der Waals surface area contributed by atoms with Crippen molar-refractivity contribution in [2.24, 2.45) is 5.84 Å². The van der Waals surface area contributed by atoms with Crippen molar-refractivity contribution < 1.29 is 14.2 Å². The normalized spacial score (nSPS) is 10.6. The van der Waals surface area contributed by atoms with E-state index in [0.717, 1.165) is 24.3 Å². The van der Waals surface area contributed by atoms with Crippen LogP contribution in [-0.2, 0) is 6.42 Å². The molecule has 0 spiro atoms. The van der Waals surface area contributed by atoms with E-state index in [-0.39, 0.29) is 0 Å². The van der Waals surface area contributed by atoms with Crippen LogP contribution in [0.2, 0.25) is 0 Å². The number of rotatable bonds is 8. The Kier molecular flexibility index (Phi) is 6.41. The van der Waals surface area contributed by atoms with Crippen molar-refractivity contribution in [3.8, 4) is 17.2 Å². The van der Waals surface area contributed by atoms with Crippen molar-refractivity contribution in [1.29, 1.82) is 0 Å². The Morgan fingerprint density at radius 1 is 1.05 bits per heavy atom. The molecule has 0 aliphatic heterocycles. The number of nitrogens with two attached hydrogens (primary N) is 1. The van der Waals surface area contributed by atoms with Crippen LogP contribution in [-0.4, -0.2) is 46.5 Å². The van der Waals surface area contributed by atoms with Gasteiger partial charge in [0.25, 0.3) is 0 Å². The number of methoxy groups -OCH3 is 3. The summed E-state index contributed by atoms with van der Waals surface area (Å²) >= 11 is 0. The van der Waals surface area contributed by atoms with Gasteiger partial charge in [0, 0.05) is 12.6 Å². The van der Waals surface area contributed by atoms with Crippen LogP contribution in [0.15, 0.2) is 12.1 Å². The van der Waals surface area contributed by atoms with E-state index in [1.165, 1.54) is 0 Å². The minimum atomic E-state index is 0.635. The van der Waals surface area contributed by atoms with E-state index >= 15 is 0 Å². The van der Waals surface area contributed by atoms with E-state index in [9.17, 15) is 0 Å². The zero-order valence-electron chi connectivity index (χ0n) is 12.0. The lowest BCUT2D eigenvalue weighted by Crippen LogP contribution is -2.36. The number of hydrazine groups is 1. The molecule has 108 valence electrons. The molecule has 0 atom stereocenters. The summed E-state index contributed by atoms with van der Waals surface area (Å²) in [6, 6.07) is 3.79. The molecule has 19 heavy (non-hydrogen) atoms. The maximum absolute atomic E-state index is 5.39. The second-order valence-electron chi connectivity index (χ2n) is 4.21. The molecular formula is C13H23N3O3. The number of ether oxygens (including phenoxy) is 3. The van der Waals surface area contributed by atoms with Gasteiger partial charge in [0.15, 0.2) is 11.5 Å². The summed E-state index contributed by atoms with van der Waals surface area (Å²) in [5.41, 5.74) is 3.70. The average molecular weight is 269 g/mol. The summed E-state index contributed by atoms with van der Waals surface area (Å²) in [4.78, 5) is 2.08. The van der Waals surface area contributed by atoms with Gasteiger partial charge in [-0.3, -0.25) is 10.7 Å². The summed E-state index contributed by atoms with van der Waals surface area (Å²) in [6.07, 6.45) is 0.835. The number of nitrogens with zero attached hydrogens (tertiary/aromatic N) is 1. The highest BCUT2D eigenvalue weighted by Crippen LogP contribution is 2.34. The lowest BCUT2D eigenvalue weighted by Gasteiger charge is -2.18. The minimum Gasteiger partial charge on any atom is -0.496 e. The summed E-state index contributed by atoms with van der Waals surface area (Å²) in [7, 11) is 6.87. The Balaban J connectivity index is 2.86. The molecule has 0 aromatic heterocycles. The molecule has 0 amide bonds. The molecule has 0 radical (unpaired) electrons. The third-order valence-corrected chi connectivity index (χ3v) is 2.91. The fourth-order valence-electron chi connectivity index (χ4n) is 1.83. The fraction of sp³-hybridized carbons (Fsp3) is 0.538. The molecule has 0 saturated carbocycles. The lowest BCUT2D eigenvalue weighted by molar-refractivity contribution is 0.309. The van der Waals surface area contributed by atoms with E-state index in [1.54, 1.807) is 21.3 Å². The highest BCUT2D eigenvalue weighted by molar-refractivity contribution is 5.50. The van der Waals surface area contributed by atoms with Crippen LogP contribution in [0.25, 0.3) is 0 Å². The first-order chi connectivity index (χ1) is 9.15. The van der Waals surface area contributed by atoms with Gasteiger partial charge in [-0.05, 0) is 25.1 Å². The van der Waals surface area contributed by atoms with Crippen LogP contribution in [0.5, 0.6) is 17.2 Å². The van der Waals surface area contributed by atoms with Gasteiger partial charge in [-0.15, -0.1) is 0 Å². The quantitative estimate of drug-likeness (QED) is 0.409. The summed E-state index contributed by atoms with van der Waals surface area (Å²) in [5.74, 6) is 7.46. The predicted molar refractivity (Wildman–Crippen MR) is 74.6 cm³/mol. The van der Waals surface area contributed by atoms with E-state index < -0.39 is 0 Å². The van der Waals surface area contributed by atoms with Crippen LogP contribution in [0.4, 0.5) is 0 Å². The Labute approximate surface area is 114 Å². The number of likely N-dealkylation sites (N-methyl/N-ethyl adjacent to an activating group) is 1. The van der Waals surface area contributed by atoms with Crippen molar-refractivity contribution in [3.05, 3.63) is 17.7 Å². The maximum Gasteiger partial charge on any atom is 0.164 e. The largest absolute Gasteiger partial charge is 0.496 e. The van der Waals surface area contributed by atoms with Crippen molar-refractivity contribution in [1.82, 2.24) is 10.3 Å². The molecule has 1 rings (SSSR count). The van der Waals surface area contributed by atoms with Crippen molar-refractivity contribution in [2.45, 2.75) is 6.42 Å². The molecule has 0 aliphatic carbocycles. The molecule has 3 N–H and O–H groups in total. The zero-order valence-corrected chi connectivity index (χ0v) is 12.0. The van der Waals surface area contributed by atoms with E-state index in [1.807, 2.05) is 19.2 Å². The summed E-state index contributed by atoms with van der Waals surface area (Å²) in [5, 5.41) is 0. The number of hydrogen-bond acceptors (Lipinski definition) is 6. The SMILES string of the molecule is COc1cc(OC)c(OC)cc1CCN(C)CNN. The highest BCUT2D eigenvalue weighted by Gasteiger charge is 2.12. The average Bonchev–Trinajstić information content (AvgIpc) is 2.44. The Morgan fingerprint density at radius 3 is 2.16 bits per heavy atom. The number of nitrogens with one attached hydrogen (secondary N) is 1. The van der Waals surface area contributed by atoms with E-state index in [4.69, 9.17) is 20.1 Å². The van der Waals surface area contributed by atoms with Crippen LogP contribution in [0, 0.1) is 0 Å². The van der Waals surface area contributed by atoms with Gasteiger partial charge < -0.3 is 14.2 Å². The van der Waals surface area contributed by atoms with Gasteiger partial charge in [0.05, 0.1) is 28.0 Å². The standard InChI is InChI=1S/C13H23N3O3/c1-16(9-15-14)6-5-10-7-12(18-3)13(19-4)8-11(10)17-2/h7-8,15H,5-6,9,14H2,1-4H3. The van der Waals surface area contributed by atoms with Crippen LogP contribution in [0.1, 0.15) is 5.56 Å². The van der Waals surface area contributed by atoms with Gasteiger partial charge in [-0.1, -0.05) is 0 Å². The van der Waals surface area contributed by atoms with Gasteiger partial charge in [-0.25, -0.2) is 5.43 Å². The molecular weight excluding hydrogens is 246 g/mol. The zero-order chi connectivity index (χ0) is 14.3. The molecule has 1 aromatic rings. The molecule has 0 saturated heterocycles. The molecule has 0 bridgehead atoms. The molecule has 0 heterocycles. The van der Waals surface area contributed by atoms with Gasteiger partial charge >= 0.3 is 0 Å². The van der Waals surface area contributed by atoms with Crippen LogP contribution in [0.3, 0.4) is 0 Å². The monoisotopic (exact) mass is 269 g/mol. The molecule has 0 aliphatic rings. The van der Waals surface area contributed by atoms with Crippen molar-refractivity contribution in [2.75, 3.05) is 41.6 Å². The molecule has 0 unspecified atom stereocenters. The number of hydrogen-bond donors (Lipinski definition) is 2. The highest BCUT2D eigenvalue weighted by atomic mass is 16.5. The number of benzene rings is 1.